The number of nitrogens with zero attached hydrogens (tertiary/aromatic N) is 1. The van der Waals surface area contributed by atoms with Gasteiger partial charge < -0.3 is 4.98 Å². The number of pyridine rings is 1. The molecule has 2 bridgehead atoms. The molecule has 1 aliphatic heterocycles. The number of anilines is 1. The lowest BCUT2D eigenvalue weighted by atomic mass is 9.73. The maximum Gasteiger partial charge on any atom is 0.248 e. The third-order valence-electron chi connectivity index (χ3n) is 7.53. The Morgan fingerprint density at radius 2 is 1.67 bits per heavy atom. The highest BCUT2D eigenvalue weighted by Gasteiger charge is 2.64. The number of aromatic amines is 1. The molecule has 0 unspecified atom stereocenters. The summed E-state index contributed by atoms with van der Waals surface area (Å²) in [5.41, 5.74) is 3.18. The van der Waals surface area contributed by atoms with Crippen molar-refractivity contribution in [3.05, 3.63) is 76.1 Å². The fraction of sp³-hybridized carbons (Fsp3) is 0.320. The predicted octanol–water partition coefficient (Wildman–Crippen LogP) is 3.77. The number of hydrogen-bond acceptors (Lipinski definition) is 3. The van der Waals surface area contributed by atoms with E-state index in [0.717, 1.165) is 23.8 Å². The lowest BCUT2D eigenvalue weighted by Gasteiger charge is -2.28. The van der Waals surface area contributed by atoms with Gasteiger partial charge in [-0.1, -0.05) is 36.4 Å². The second kappa shape index (κ2) is 6.14. The van der Waals surface area contributed by atoms with Crippen LogP contribution in [0.5, 0.6) is 0 Å². The summed E-state index contributed by atoms with van der Waals surface area (Å²) in [7, 11) is 0. The number of H-pyrrole nitrogens is 1. The summed E-state index contributed by atoms with van der Waals surface area (Å²) >= 11 is 0. The van der Waals surface area contributed by atoms with Crippen molar-refractivity contribution in [2.24, 2.45) is 23.7 Å². The molecule has 2 aliphatic carbocycles. The Hall–Kier alpha value is -3.21. The van der Waals surface area contributed by atoms with Crippen molar-refractivity contribution in [3.8, 4) is 0 Å². The van der Waals surface area contributed by atoms with Crippen LogP contribution < -0.4 is 10.5 Å². The quantitative estimate of drug-likeness (QED) is 0.668. The largest absolute Gasteiger partial charge is 0.322 e. The molecular formula is C25H22N2O3. The van der Waals surface area contributed by atoms with Gasteiger partial charge in [0.2, 0.25) is 17.4 Å². The Labute approximate surface area is 173 Å². The minimum Gasteiger partial charge on any atom is -0.322 e. The smallest absolute Gasteiger partial charge is 0.248 e. The first kappa shape index (κ1) is 17.6. The second-order valence-electron chi connectivity index (χ2n) is 9.02. The topological polar surface area (TPSA) is 70.2 Å². The van der Waals surface area contributed by atoms with Gasteiger partial charge in [0.05, 0.1) is 23.0 Å². The number of benzene rings is 2. The van der Waals surface area contributed by atoms with Gasteiger partial charge in [-0.2, -0.15) is 0 Å². The van der Waals surface area contributed by atoms with Gasteiger partial charge in [-0.3, -0.25) is 14.4 Å². The van der Waals surface area contributed by atoms with Crippen molar-refractivity contribution in [3.63, 3.8) is 0 Å². The molecule has 2 saturated carbocycles. The summed E-state index contributed by atoms with van der Waals surface area (Å²) in [5, 5.41) is 0.918. The highest BCUT2D eigenvalue weighted by atomic mass is 16.2. The first-order chi connectivity index (χ1) is 14.5. The number of aryl methyl sites for hydroxylation is 1. The third-order valence-corrected chi connectivity index (χ3v) is 7.53. The third kappa shape index (κ3) is 2.32. The molecule has 1 saturated heterocycles. The van der Waals surface area contributed by atoms with Gasteiger partial charge in [-0.05, 0) is 60.8 Å². The molecule has 30 heavy (non-hydrogen) atoms. The van der Waals surface area contributed by atoms with Gasteiger partial charge in [0, 0.05) is 11.5 Å². The number of rotatable bonds is 2. The van der Waals surface area contributed by atoms with E-state index in [1.54, 1.807) is 12.1 Å². The molecule has 6 rings (SSSR count). The summed E-state index contributed by atoms with van der Waals surface area (Å²) in [4.78, 5) is 42.9. The van der Waals surface area contributed by atoms with Gasteiger partial charge in [0.25, 0.3) is 0 Å². The molecule has 2 heterocycles. The SMILES string of the molecule is Cc1cc(=O)[nH]c2cc(N3C(=O)[C@@H]4[C@H]5C[C@@H]([C@@H]4C3=O)[C@H](c3ccccc3)C5)ccc12. The summed E-state index contributed by atoms with van der Waals surface area (Å²) in [6.07, 6.45) is 1.94. The van der Waals surface area contributed by atoms with Crippen molar-refractivity contribution >= 4 is 28.4 Å². The van der Waals surface area contributed by atoms with E-state index in [2.05, 4.69) is 17.1 Å². The molecule has 3 aliphatic rings. The lowest BCUT2D eigenvalue weighted by molar-refractivity contribution is -0.123. The molecule has 5 atom stereocenters. The molecule has 1 aromatic heterocycles. The zero-order valence-corrected chi connectivity index (χ0v) is 16.7. The maximum atomic E-state index is 13.5. The van der Waals surface area contributed by atoms with Crippen LogP contribution in [0.15, 0.2) is 59.4 Å². The van der Waals surface area contributed by atoms with E-state index in [1.165, 1.54) is 10.5 Å². The van der Waals surface area contributed by atoms with E-state index in [1.807, 2.05) is 37.3 Å². The Kier molecular flexibility index (Phi) is 3.61. The lowest BCUT2D eigenvalue weighted by Crippen LogP contribution is -2.33. The monoisotopic (exact) mass is 398 g/mol. The zero-order chi connectivity index (χ0) is 20.6. The molecule has 150 valence electrons. The Bertz CT molecular complexity index is 1260. The Morgan fingerprint density at radius 3 is 2.47 bits per heavy atom. The first-order valence-corrected chi connectivity index (χ1v) is 10.6. The van der Waals surface area contributed by atoms with Crippen molar-refractivity contribution < 1.29 is 9.59 Å². The molecule has 0 radical (unpaired) electrons. The number of imide groups is 1. The van der Waals surface area contributed by atoms with E-state index in [4.69, 9.17) is 0 Å². The highest BCUT2D eigenvalue weighted by molar-refractivity contribution is 6.23. The normalized spacial score (nSPS) is 29.8. The Morgan fingerprint density at radius 1 is 0.900 bits per heavy atom. The molecule has 3 fully saturated rings. The van der Waals surface area contributed by atoms with E-state index in [0.29, 0.717) is 17.1 Å². The van der Waals surface area contributed by atoms with Crippen molar-refractivity contribution in [2.75, 3.05) is 4.90 Å². The van der Waals surface area contributed by atoms with Gasteiger partial charge >= 0.3 is 0 Å². The summed E-state index contributed by atoms with van der Waals surface area (Å²) in [6.45, 7) is 1.88. The summed E-state index contributed by atoms with van der Waals surface area (Å²) in [5.74, 6) is 0.277. The van der Waals surface area contributed by atoms with Crippen molar-refractivity contribution in [1.82, 2.24) is 4.98 Å². The number of hydrogen-bond donors (Lipinski definition) is 1. The Balaban J connectivity index is 1.38. The summed E-state index contributed by atoms with van der Waals surface area (Å²) in [6, 6.07) is 17.4. The number of fused-ring (bicyclic) bond motifs is 6. The van der Waals surface area contributed by atoms with Crippen LogP contribution in [-0.2, 0) is 9.59 Å². The minimum absolute atomic E-state index is 0.0710. The number of aromatic nitrogens is 1. The predicted molar refractivity (Wildman–Crippen MR) is 114 cm³/mol. The van der Waals surface area contributed by atoms with E-state index in [9.17, 15) is 14.4 Å². The van der Waals surface area contributed by atoms with Crippen LogP contribution in [0.2, 0.25) is 0 Å². The number of carbonyl (C=O) groups excluding carboxylic acids is 2. The van der Waals surface area contributed by atoms with Crippen LogP contribution in [0, 0.1) is 30.6 Å². The molecule has 0 spiro atoms. The molecule has 2 amide bonds. The van der Waals surface area contributed by atoms with Crippen LogP contribution >= 0.6 is 0 Å². The van der Waals surface area contributed by atoms with Gasteiger partial charge in [0.1, 0.15) is 0 Å². The molecule has 5 nitrogen and oxygen atoms in total. The average Bonchev–Trinajstić information content (AvgIpc) is 3.39. The van der Waals surface area contributed by atoms with E-state index < -0.39 is 0 Å². The molecule has 2 aromatic carbocycles. The van der Waals surface area contributed by atoms with Gasteiger partial charge in [-0.15, -0.1) is 0 Å². The second-order valence-corrected chi connectivity index (χ2v) is 9.02. The van der Waals surface area contributed by atoms with Crippen molar-refractivity contribution in [2.45, 2.75) is 25.7 Å². The fourth-order valence-electron chi connectivity index (χ4n) is 6.36. The van der Waals surface area contributed by atoms with Crippen LogP contribution in [0.1, 0.15) is 29.9 Å². The highest BCUT2D eigenvalue weighted by Crippen LogP contribution is 2.61. The fourth-order valence-corrected chi connectivity index (χ4v) is 6.36. The van der Waals surface area contributed by atoms with Crippen LogP contribution in [0.25, 0.3) is 10.9 Å². The van der Waals surface area contributed by atoms with Crippen LogP contribution in [0.4, 0.5) is 5.69 Å². The van der Waals surface area contributed by atoms with Crippen LogP contribution in [-0.4, -0.2) is 16.8 Å². The standard InChI is InChI=1S/C25H22N2O3/c1-13-9-21(28)26-20-12-16(7-8-17(13)20)27-24(29)22-15-10-18(14-5-3-2-4-6-14)19(11-15)23(22)25(27)30/h2-9,12,15,18-19,22-23H,10-11H2,1H3,(H,26,28)/t15-,18+,19-,22-,23+/m1/s1. The molecular weight excluding hydrogens is 376 g/mol. The zero-order valence-electron chi connectivity index (χ0n) is 16.7. The van der Waals surface area contributed by atoms with E-state index in [-0.39, 0.29) is 41.0 Å². The average molecular weight is 398 g/mol. The number of carbonyl (C=O) groups is 2. The minimum atomic E-state index is -0.228. The maximum absolute atomic E-state index is 13.5. The molecule has 5 heteroatoms. The van der Waals surface area contributed by atoms with Gasteiger partial charge in [-0.25, -0.2) is 4.90 Å². The van der Waals surface area contributed by atoms with Crippen LogP contribution in [0.3, 0.4) is 0 Å². The summed E-state index contributed by atoms with van der Waals surface area (Å²) < 4.78 is 0. The van der Waals surface area contributed by atoms with Gasteiger partial charge in [0.15, 0.2) is 0 Å². The number of nitrogens with one attached hydrogen (secondary N) is 1. The number of amides is 2. The molecule has 3 aromatic rings. The van der Waals surface area contributed by atoms with E-state index >= 15 is 0 Å². The van der Waals surface area contributed by atoms with Crippen molar-refractivity contribution in [1.29, 1.82) is 0 Å². The first-order valence-electron chi connectivity index (χ1n) is 10.6. The molecule has 1 N–H and O–H groups in total.